The van der Waals surface area contributed by atoms with Gasteiger partial charge in [0.1, 0.15) is 0 Å². The molecule has 148 valence electrons. The molecule has 1 aromatic rings. The van der Waals surface area contributed by atoms with Crippen molar-refractivity contribution in [3.05, 3.63) is 23.8 Å². The van der Waals surface area contributed by atoms with Crippen molar-refractivity contribution in [1.29, 1.82) is 0 Å². The number of piperidine rings is 1. The summed E-state index contributed by atoms with van der Waals surface area (Å²) in [7, 11) is 1.67. The Morgan fingerprint density at radius 2 is 1.92 bits per heavy atom. The molecule has 0 spiro atoms. The van der Waals surface area contributed by atoms with Gasteiger partial charge < -0.3 is 19.1 Å². The van der Waals surface area contributed by atoms with Crippen LogP contribution < -0.4 is 9.47 Å². The van der Waals surface area contributed by atoms with Crippen molar-refractivity contribution < 1.29 is 19.0 Å². The second kappa shape index (κ2) is 12.0. The van der Waals surface area contributed by atoms with E-state index in [2.05, 4.69) is 4.90 Å². The number of hydrogen-bond donors (Lipinski definition) is 0. The number of benzene rings is 1. The van der Waals surface area contributed by atoms with Gasteiger partial charge in [-0.15, -0.1) is 12.4 Å². The zero-order chi connectivity index (χ0) is 18.1. The zero-order valence-corrected chi connectivity index (χ0v) is 17.0. The maximum Gasteiger partial charge on any atom is 0.309 e. The number of nitrogens with zero attached hydrogens (tertiary/aromatic N) is 1. The highest BCUT2D eigenvalue weighted by atomic mass is 35.5. The van der Waals surface area contributed by atoms with E-state index >= 15 is 0 Å². The molecular weight excluding hydrogens is 354 g/mol. The summed E-state index contributed by atoms with van der Waals surface area (Å²) in [5.41, 5.74) is 1.16. The molecule has 1 aliphatic rings. The van der Waals surface area contributed by atoms with E-state index in [-0.39, 0.29) is 24.3 Å². The Balaban J connectivity index is 0.00000338. The van der Waals surface area contributed by atoms with E-state index in [4.69, 9.17) is 14.2 Å². The molecule has 0 bridgehead atoms. The van der Waals surface area contributed by atoms with E-state index in [1.54, 1.807) is 7.11 Å². The number of methoxy groups -OCH3 is 1. The third kappa shape index (κ3) is 7.04. The third-order valence-corrected chi connectivity index (χ3v) is 4.65. The van der Waals surface area contributed by atoms with Crippen LogP contribution in [0.4, 0.5) is 0 Å². The number of hydrogen-bond acceptors (Lipinski definition) is 5. The molecule has 0 unspecified atom stereocenters. The van der Waals surface area contributed by atoms with Crippen molar-refractivity contribution in [3.8, 4) is 11.5 Å². The topological polar surface area (TPSA) is 48.0 Å². The Hall–Kier alpha value is -1.46. The fraction of sp³-hybridized carbons (Fsp3) is 0.650. The Kier molecular flexibility index (Phi) is 10.4. The molecule has 0 aliphatic carbocycles. The van der Waals surface area contributed by atoms with Gasteiger partial charge in [-0.1, -0.05) is 6.07 Å². The van der Waals surface area contributed by atoms with Gasteiger partial charge in [0.05, 0.1) is 26.2 Å². The summed E-state index contributed by atoms with van der Waals surface area (Å²) < 4.78 is 16.3. The van der Waals surface area contributed by atoms with Crippen LogP contribution in [0.25, 0.3) is 0 Å². The number of esters is 1. The third-order valence-electron chi connectivity index (χ3n) is 4.65. The molecule has 0 amide bonds. The number of ether oxygens (including phenoxy) is 3. The summed E-state index contributed by atoms with van der Waals surface area (Å²) in [6.45, 7) is 8.10. The molecule has 0 radical (unpaired) electrons. The van der Waals surface area contributed by atoms with Gasteiger partial charge in [0.25, 0.3) is 0 Å². The monoisotopic (exact) mass is 385 g/mol. The van der Waals surface area contributed by atoms with Gasteiger partial charge in [-0.2, -0.15) is 0 Å². The predicted molar refractivity (Wildman–Crippen MR) is 106 cm³/mol. The molecule has 0 saturated carbocycles. The average Bonchev–Trinajstić information content (AvgIpc) is 2.63. The summed E-state index contributed by atoms with van der Waals surface area (Å²) in [6.07, 6.45) is 3.93. The number of rotatable bonds is 9. The Morgan fingerprint density at radius 3 is 2.58 bits per heavy atom. The van der Waals surface area contributed by atoms with Crippen molar-refractivity contribution in [2.75, 3.05) is 40.0 Å². The highest BCUT2D eigenvalue weighted by Gasteiger charge is 2.25. The predicted octanol–water partition coefficient (Wildman–Crippen LogP) is 3.86. The molecule has 0 atom stereocenters. The smallest absolute Gasteiger partial charge is 0.309 e. The van der Waals surface area contributed by atoms with E-state index in [1.807, 2.05) is 32.0 Å². The molecule has 0 N–H and O–H groups in total. The maximum atomic E-state index is 11.7. The van der Waals surface area contributed by atoms with Crippen LogP contribution in [0.1, 0.15) is 38.2 Å². The van der Waals surface area contributed by atoms with Crippen LogP contribution in [0.3, 0.4) is 0 Å². The normalized spacial score (nSPS) is 15.2. The van der Waals surface area contributed by atoms with Crippen molar-refractivity contribution in [2.45, 2.75) is 39.5 Å². The molecule has 1 saturated heterocycles. The van der Waals surface area contributed by atoms with E-state index < -0.39 is 0 Å². The Labute approximate surface area is 163 Å². The summed E-state index contributed by atoms with van der Waals surface area (Å²) in [6, 6.07) is 5.99. The van der Waals surface area contributed by atoms with Gasteiger partial charge in [0.15, 0.2) is 11.5 Å². The fourth-order valence-electron chi connectivity index (χ4n) is 3.17. The second-order valence-corrected chi connectivity index (χ2v) is 6.58. The van der Waals surface area contributed by atoms with Gasteiger partial charge >= 0.3 is 5.97 Å². The molecule has 26 heavy (non-hydrogen) atoms. The molecule has 1 heterocycles. The minimum atomic E-state index is -0.0254. The summed E-state index contributed by atoms with van der Waals surface area (Å²) >= 11 is 0. The lowest BCUT2D eigenvalue weighted by molar-refractivity contribution is -0.149. The first-order chi connectivity index (χ1) is 12.1. The SMILES string of the molecule is CCOC(=O)C1CCN(CCCCOc2ccc(C)cc2OC)CC1.Cl. The van der Waals surface area contributed by atoms with Gasteiger partial charge in [-0.25, -0.2) is 0 Å². The van der Waals surface area contributed by atoms with Gasteiger partial charge in [0.2, 0.25) is 0 Å². The maximum absolute atomic E-state index is 11.7. The Morgan fingerprint density at radius 1 is 1.19 bits per heavy atom. The lowest BCUT2D eigenvalue weighted by atomic mass is 9.97. The standard InChI is InChI=1S/C20H31NO4.ClH/c1-4-24-20(22)17-9-12-21(13-10-17)11-5-6-14-25-18-8-7-16(2)15-19(18)23-3;/h7-8,15,17H,4-6,9-14H2,1-3H3;1H. The largest absolute Gasteiger partial charge is 0.493 e. The van der Waals surface area contributed by atoms with Crippen LogP contribution in [0, 0.1) is 12.8 Å². The van der Waals surface area contributed by atoms with E-state index in [9.17, 15) is 4.79 Å². The van der Waals surface area contributed by atoms with E-state index in [0.29, 0.717) is 13.2 Å². The van der Waals surface area contributed by atoms with Crippen LogP contribution in [0.5, 0.6) is 11.5 Å². The summed E-state index contributed by atoms with van der Waals surface area (Å²) in [5.74, 6) is 1.67. The number of carbonyl (C=O) groups excluding carboxylic acids is 1. The van der Waals surface area contributed by atoms with E-state index in [0.717, 1.165) is 62.4 Å². The first-order valence-electron chi connectivity index (χ1n) is 9.30. The Bertz CT molecular complexity index is 545. The van der Waals surface area contributed by atoms with Crippen molar-refractivity contribution in [1.82, 2.24) is 4.90 Å². The van der Waals surface area contributed by atoms with Crippen LogP contribution >= 0.6 is 12.4 Å². The number of carbonyl (C=O) groups is 1. The highest BCUT2D eigenvalue weighted by Crippen LogP contribution is 2.28. The summed E-state index contributed by atoms with van der Waals surface area (Å²) in [5, 5.41) is 0. The van der Waals surface area contributed by atoms with Crippen molar-refractivity contribution >= 4 is 18.4 Å². The lowest BCUT2D eigenvalue weighted by Gasteiger charge is -2.30. The quantitative estimate of drug-likeness (QED) is 0.477. The highest BCUT2D eigenvalue weighted by molar-refractivity contribution is 5.85. The fourth-order valence-corrected chi connectivity index (χ4v) is 3.17. The molecule has 0 aromatic heterocycles. The van der Waals surface area contributed by atoms with Crippen molar-refractivity contribution in [3.63, 3.8) is 0 Å². The molecule has 1 aromatic carbocycles. The zero-order valence-electron chi connectivity index (χ0n) is 16.2. The number of unbranched alkanes of at least 4 members (excludes halogenated alkanes) is 1. The minimum absolute atomic E-state index is 0. The van der Waals surface area contributed by atoms with Crippen LogP contribution in [0.15, 0.2) is 18.2 Å². The molecule has 6 heteroatoms. The molecule has 1 fully saturated rings. The first kappa shape index (κ1) is 22.6. The lowest BCUT2D eigenvalue weighted by Crippen LogP contribution is -2.37. The molecular formula is C20H32ClNO4. The van der Waals surface area contributed by atoms with Gasteiger partial charge in [-0.05, 0) is 76.9 Å². The first-order valence-corrected chi connectivity index (χ1v) is 9.30. The average molecular weight is 386 g/mol. The van der Waals surface area contributed by atoms with Gasteiger partial charge in [-0.3, -0.25) is 4.79 Å². The van der Waals surface area contributed by atoms with Crippen LogP contribution in [-0.2, 0) is 9.53 Å². The summed E-state index contributed by atoms with van der Waals surface area (Å²) in [4.78, 5) is 14.2. The van der Waals surface area contributed by atoms with Crippen molar-refractivity contribution in [2.24, 2.45) is 5.92 Å². The number of halogens is 1. The van der Waals surface area contributed by atoms with Crippen LogP contribution in [0.2, 0.25) is 0 Å². The second-order valence-electron chi connectivity index (χ2n) is 6.58. The molecule has 5 nitrogen and oxygen atoms in total. The number of aryl methyl sites for hydroxylation is 1. The molecule has 2 rings (SSSR count). The van der Waals surface area contributed by atoms with Crippen LogP contribution in [-0.4, -0.2) is 50.8 Å². The minimum Gasteiger partial charge on any atom is -0.493 e. The number of likely N-dealkylation sites (tertiary alicyclic amines) is 1. The van der Waals surface area contributed by atoms with E-state index in [1.165, 1.54) is 0 Å². The van der Waals surface area contributed by atoms with Gasteiger partial charge in [0, 0.05) is 0 Å². The molecule has 1 aliphatic heterocycles.